The van der Waals surface area contributed by atoms with E-state index >= 15 is 0 Å². The van der Waals surface area contributed by atoms with E-state index in [1.807, 2.05) is 13.8 Å². The molecule has 3 heterocycles. The Bertz CT molecular complexity index is 1460. The fraction of sp³-hybridized carbons (Fsp3) is 0.735. The Kier molecular flexibility index (Phi) is 16.7. The normalized spacial score (nSPS) is 21.7. The minimum atomic E-state index is -1.45. The Morgan fingerprint density at radius 1 is 0.655 bits per heavy atom. The SMILES string of the molecule is CC(C)C[C@H](NC(=O)CNC(=O)[C@@H]1CCCN1C(=O)[C@H](CO)NC(=O)CN)C(=O)N1CCC[C@H]1C(=O)NCC(=O)N[C@H](C(=O)N1CCC[C@H]1C(=O)O)[C@@H](C)O. The Hall–Kier alpha value is -4.89. The summed E-state index contributed by atoms with van der Waals surface area (Å²) in [5.74, 6) is -6.73. The number of nitrogens with zero attached hydrogens (tertiary/aromatic N) is 3. The molecule has 0 aromatic carbocycles. The molecular weight excluding hydrogens is 726 g/mol. The smallest absolute Gasteiger partial charge is 0.326 e. The van der Waals surface area contributed by atoms with Crippen molar-refractivity contribution in [3.05, 3.63) is 0 Å². The summed E-state index contributed by atoms with van der Waals surface area (Å²) in [6.45, 7) is 3.22. The highest BCUT2D eigenvalue weighted by atomic mass is 16.4. The lowest BCUT2D eigenvalue weighted by atomic mass is 10.0. The summed E-state index contributed by atoms with van der Waals surface area (Å²) in [6, 6.07) is -6.84. The van der Waals surface area contributed by atoms with Crippen LogP contribution in [0.25, 0.3) is 0 Å². The van der Waals surface area contributed by atoms with E-state index in [1.54, 1.807) is 0 Å². The van der Waals surface area contributed by atoms with Crippen molar-refractivity contribution in [1.29, 1.82) is 0 Å². The maximum atomic E-state index is 13.8. The summed E-state index contributed by atoms with van der Waals surface area (Å²) < 4.78 is 0. The van der Waals surface area contributed by atoms with E-state index in [2.05, 4.69) is 26.6 Å². The number of carboxylic acid groups (broad SMARTS) is 1. The molecule has 3 fully saturated rings. The Morgan fingerprint density at radius 3 is 1.53 bits per heavy atom. The number of hydrogen-bond donors (Lipinski definition) is 9. The van der Waals surface area contributed by atoms with E-state index in [0.717, 1.165) is 4.90 Å². The first-order chi connectivity index (χ1) is 26.0. The molecule has 0 aromatic heterocycles. The molecule has 0 unspecified atom stereocenters. The molecule has 3 aliphatic rings. The highest BCUT2D eigenvalue weighted by Gasteiger charge is 2.41. The number of aliphatic hydroxyl groups excluding tert-OH is 2. The van der Waals surface area contributed by atoms with E-state index in [9.17, 15) is 58.5 Å². The van der Waals surface area contributed by atoms with Gasteiger partial charge in [0.1, 0.15) is 36.3 Å². The molecule has 0 bridgehead atoms. The summed E-state index contributed by atoms with van der Waals surface area (Å²) in [6.07, 6.45) is 0.986. The summed E-state index contributed by atoms with van der Waals surface area (Å²) in [5.41, 5.74) is 5.28. The lowest BCUT2D eigenvalue weighted by Crippen LogP contribution is -2.58. The van der Waals surface area contributed by atoms with E-state index in [-0.39, 0.29) is 51.2 Å². The van der Waals surface area contributed by atoms with Gasteiger partial charge in [0, 0.05) is 19.6 Å². The van der Waals surface area contributed by atoms with Crippen molar-refractivity contribution in [3.63, 3.8) is 0 Å². The standard InChI is InChI=1S/C34H55N9O12/c1-18(2)13-20(38-26(47)15-36-30(50)23-8-5-11-42(23)32(52)21(17-44)39-25(46)14-35)31(51)41-10-4-7-22(41)29(49)37-16-27(48)40-28(19(3)45)33(53)43-12-6-9-24(43)34(54)55/h18-24,28,44-45H,4-17,35H2,1-3H3,(H,36,50)(H,37,49)(H,38,47)(H,39,46)(H,40,48)(H,54,55)/t19-,20+,21+,22+,23+,24+,28+/m1/s1. The van der Waals surface area contributed by atoms with Crippen LogP contribution in [0.1, 0.15) is 65.7 Å². The predicted octanol–water partition coefficient (Wildman–Crippen LogP) is -4.89. The number of carboxylic acids is 1. The lowest BCUT2D eigenvalue weighted by molar-refractivity contribution is -0.150. The topological polar surface area (TPSA) is 310 Å². The van der Waals surface area contributed by atoms with Crippen molar-refractivity contribution < 1.29 is 58.5 Å². The third kappa shape index (κ3) is 12.0. The number of nitrogens with one attached hydrogen (secondary N) is 5. The first kappa shape index (κ1) is 44.5. The Morgan fingerprint density at radius 2 is 1.09 bits per heavy atom. The molecule has 0 spiro atoms. The van der Waals surface area contributed by atoms with Crippen LogP contribution in [0.15, 0.2) is 0 Å². The van der Waals surface area contributed by atoms with E-state index in [0.29, 0.717) is 19.3 Å². The van der Waals surface area contributed by atoms with Crippen molar-refractivity contribution >= 4 is 53.2 Å². The molecule has 308 valence electrons. The number of likely N-dealkylation sites (tertiary alicyclic amines) is 3. The van der Waals surface area contributed by atoms with Crippen LogP contribution in [0, 0.1) is 5.92 Å². The minimum absolute atomic E-state index is 0.0735. The van der Waals surface area contributed by atoms with E-state index in [1.165, 1.54) is 16.7 Å². The fourth-order valence-corrected chi connectivity index (χ4v) is 7.03. The van der Waals surface area contributed by atoms with Crippen LogP contribution in [0.4, 0.5) is 0 Å². The molecule has 21 nitrogen and oxygen atoms in total. The number of amides is 8. The highest BCUT2D eigenvalue weighted by molar-refractivity contribution is 5.97. The largest absolute Gasteiger partial charge is 0.480 e. The van der Waals surface area contributed by atoms with Gasteiger partial charge >= 0.3 is 5.97 Å². The maximum Gasteiger partial charge on any atom is 0.326 e. The maximum absolute atomic E-state index is 13.8. The number of aliphatic carboxylic acids is 1. The van der Waals surface area contributed by atoms with Gasteiger partial charge in [0.05, 0.1) is 32.3 Å². The second-order valence-corrected chi connectivity index (χ2v) is 14.4. The average Bonchev–Trinajstić information content (AvgIpc) is 3.94. The molecule has 8 amide bonds. The molecule has 0 aromatic rings. The van der Waals surface area contributed by atoms with Crippen molar-refractivity contribution in [3.8, 4) is 0 Å². The van der Waals surface area contributed by atoms with Gasteiger partial charge < -0.3 is 62.3 Å². The summed E-state index contributed by atoms with van der Waals surface area (Å²) >= 11 is 0. The van der Waals surface area contributed by atoms with Gasteiger partial charge in [0.2, 0.25) is 47.3 Å². The van der Waals surface area contributed by atoms with Crippen LogP contribution in [0.3, 0.4) is 0 Å². The van der Waals surface area contributed by atoms with Crippen molar-refractivity contribution in [2.75, 3.05) is 45.9 Å². The number of nitrogens with two attached hydrogens (primary N) is 1. The third-order valence-electron chi connectivity index (χ3n) is 9.75. The first-order valence-corrected chi connectivity index (χ1v) is 18.6. The van der Waals surface area contributed by atoms with Gasteiger partial charge in [-0.2, -0.15) is 0 Å². The van der Waals surface area contributed by atoms with Crippen LogP contribution in [-0.4, -0.2) is 171 Å². The molecule has 0 saturated carbocycles. The van der Waals surface area contributed by atoms with Gasteiger partial charge in [-0.25, -0.2) is 4.79 Å². The average molecular weight is 782 g/mol. The number of carbonyl (C=O) groups is 9. The zero-order valence-corrected chi connectivity index (χ0v) is 31.5. The van der Waals surface area contributed by atoms with Crippen molar-refractivity contribution in [1.82, 2.24) is 41.3 Å². The van der Waals surface area contributed by atoms with Crippen LogP contribution >= 0.6 is 0 Å². The molecule has 0 aliphatic carbocycles. The van der Waals surface area contributed by atoms with Crippen LogP contribution in [0.5, 0.6) is 0 Å². The molecule has 10 N–H and O–H groups in total. The number of rotatable bonds is 18. The van der Waals surface area contributed by atoms with Crippen molar-refractivity contribution in [2.45, 2.75) is 108 Å². The van der Waals surface area contributed by atoms with Crippen LogP contribution in [0.2, 0.25) is 0 Å². The second kappa shape index (κ2) is 20.7. The molecule has 21 heteroatoms. The lowest BCUT2D eigenvalue weighted by Gasteiger charge is -2.30. The predicted molar refractivity (Wildman–Crippen MR) is 191 cm³/mol. The van der Waals surface area contributed by atoms with Gasteiger partial charge in [-0.3, -0.25) is 38.4 Å². The monoisotopic (exact) mass is 781 g/mol. The Labute approximate surface area is 318 Å². The molecule has 55 heavy (non-hydrogen) atoms. The van der Waals surface area contributed by atoms with Crippen LogP contribution in [-0.2, 0) is 43.2 Å². The van der Waals surface area contributed by atoms with Crippen LogP contribution < -0.4 is 32.3 Å². The second-order valence-electron chi connectivity index (χ2n) is 14.4. The molecule has 7 atom stereocenters. The fourth-order valence-electron chi connectivity index (χ4n) is 7.03. The minimum Gasteiger partial charge on any atom is -0.480 e. The third-order valence-corrected chi connectivity index (χ3v) is 9.75. The summed E-state index contributed by atoms with van der Waals surface area (Å²) in [7, 11) is 0. The number of aliphatic hydroxyl groups is 2. The summed E-state index contributed by atoms with van der Waals surface area (Å²) in [4.78, 5) is 119. The van der Waals surface area contributed by atoms with E-state index in [4.69, 9.17) is 5.73 Å². The highest BCUT2D eigenvalue weighted by Crippen LogP contribution is 2.22. The quantitative estimate of drug-likeness (QED) is 0.0631. The van der Waals surface area contributed by atoms with Gasteiger partial charge in [-0.15, -0.1) is 0 Å². The van der Waals surface area contributed by atoms with Gasteiger partial charge in [0.15, 0.2) is 0 Å². The summed E-state index contributed by atoms with van der Waals surface area (Å²) in [5, 5.41) is 41.5. The molecule has 3 saturated heterocycles. The first-order valence-electron chi connectivity index (χ1n) is 18.6. The Balaban J connectivity index is 1.57. The van der Waals surface area contributed by atoms with Gasteiger partial charge in [0.25, 0.3) is 0 Å². The number of carbonyl (C=O) groups excluding carboxylic acids is 8. The van der Waals surface area contributed by atoms with Crippen molar-refractivity contribution in [2.24, 2.45) is 11.7 Å². The molecule has 0 radical (unpaired) electrons. The zero-order chi connectivity index (χ0) is 41.0. The molecular formula is C34H55N9O12. The van der Waals surface area contributed by atoms with Gasteiger partial charge in [-0.1, -0.05) is 13.8 Å². The number of hydrogen-bond acceptors (Lipinski definition) is 12. The molecule has 3 aliphatic heterocycles. The van der Waals surface area contributed by atoms with Gasteiger partial charge in [-0.05, 0) is 57.8 Å². The van der Waals surface area contributed by atoms with E-state index < -0.39 is 122 Å². The molecule has 3 rings (SSSR count). The zero-order valence-electron chi connectivity index (χ0n) is 31.5.